The summed E-state index contributed by atoms with van der Waals surface area (Å²) in [6, 6.07) is 0. The fraction of sp³-hybridized carbons (Fsp3) is 0.917. The molecule has 0 aliphatic heterocycles. The molecule has 6 rings (SSSR count). The molecule has 9 atom stereocenters. The van der Waals surface area contributed by atoms with Gasteiger partial charge in [-0.25, -0.2) is 5.84 Å². The maximum absolute atomic E-state index is 12.6. The van der Waals surface area contributed by atoms with Crippen molar-refractivity contribution in [3.8, 4) is 0 Å². The van der Waals surface area contributed by atoms with Crippen LogP contribution in [0.3, 0.4) is 0 Å². The zero-order chi connectivity index (χ0) is 20.0. The van der Waals surface area contributed by atoms with E-state index in [1.807, 2.05) is 0 Å². The van der Waals surface area contributed by atoms with E-state index in [1.54, 1.807) is 0 Å². The van der Waals surface area contributed by atoms with Crippen molar-refractivity contribution in [3.05, 3.63) is 0 Å². The van der Waals surface area contributed by atoms with E-state index in [-0.39, 0.29) is 17.2 Å². The van der Waals surface area contributed by atoms with Gasteiger partial charge >= 0.3 is 5.97 Å². The highest BCUT2D eigenvalue weighted by Gasteiger charge is 2.71. The monoisotopic (exact) mass is 400 g/mol. The minimum Gasteiger partial charge on any atom is -0.481 e. The van der Waals surface area contributed by atoms with Gasteiger partial charge in [0.25, 0.3) is 0 Å². The predicted molar refractivity (Wildman–Crippen MR) is 108 cm³/mol. The highest BCUT2D eigenvalue weighted by molar-refractivity contribution is 5.78. The van der Waals surface area contributed by atoms with Crippen LogP contribution in [0.5, 0.6) is 0 Å². The Bertz CT molecular complexity index is 750. The number of fused-ring (bicyclic) bond motifs is 5. The molecule has 5 nitrogen and oxygen atoms in total. The van der Waals surface area contributed by atoms with Crippen molar-refractivity contribution < 1.29 is 14.7 Å². The molecule has 0 saturated heterocycles. The maximum Gasteiger partial charge on any atom is 0.309 e. The van der Waals surface area contributed by atoms with E-state index in [0.29, 0.717) is 23.2 Å². The lowest BCUT2D eigenvalue weighted by atomic mass is 9.50. The van der Waals surface area contributed by atoms with E-state index in [9.17, 15) is 14.7 Å². The molecule has 29 heavy (non-hydrogen) atoms. The van der Waals surface area contributed by atoms with Crippen LogP contribution >= 0.6 is 0 Å². The Morgan fingerprint density at radius 3 is 2.41 bits per heavy atom. The number of hydrogen-bond acceptors (Lipinski definition) is 3. The Morgan fingerprint density at radius 2 is 1.66 bits per heavy atom. The zero-order valence-corrected chi connectivity index (χ0v) is 17.5. The molecule has 4 N–H and O–H groups in total. The minimum absolute atomic E-state index is 0.0335. The van der Waals surface area contributed by atoms with Gasteiger partial charge in [0, 0.05) is 5.92 Å². The van der Waals surface area contributed by atoms with Crippen LogP contribution in [0.25, 0.3) is 0 Å². The van der Waals surface area contributed by atoms with E-state index >= 15 is 0 Å². The summed E-state index contributed by atoms with van der Waals surface area (Å²) in [5.74, 6) is 8.28. The first kappa shape index (κ1) is 18.7. The third-order valence-electron chi connectivity index (χ3n) is 11.2. The second kappa shape index (κ2) is 5.99. The molecule has 0 spiro atoms. The van der Waals surface area contributed by atoms with Crippen molar-refractivity contribution >= 4 is 11.9 Å². The number of carboxylic acids is 1. The Balaban J connectivity index is 1.37. The molecule has 6 saturated carbocycles. The van der Waals surface area contributed by atoms with Crippen molar-refractivity contribution in [2.24, 2.45) is 57.6 Å². The first-order valence-electron chi connectivity index (χ1n) is 12.1. The van der Waals surface area contributed by atoms with Gasteiger partial charge in [-0.2, -0.15) is 0 Å². The lowest BCUT2D eigenvalue weighted by molar-refractivity contribution is -0.152. The normalized spacial score (nSPS) is 54.8. The maximum atomic E-state index is 12.6. The summed E-state index contributed by atoms with van der Waals surface area (Å²) in [6.07, 6.45) is 14.9. The number of hydrazine groups is 1. The second-order valence-corrected chi connectivity index (χ2v) is 12.2. The number of carboxylic acid groups (broad SMARTS) is 1. The summed E-state index contributed by atoms with van der Waals surface area (Å²) in [4.78, 5) is 24.9. The largest absolute Gasteiger partial charge is 0.481 e. The average Bonchev–Trinajstić information content (AvgIpc) is 2.97. The van der Waals surface area contributed by atoms with Gasteiger partial charge in [0.1, 0.15) is 0 Å². The second-order valence-electron chi connectivity index (χ2n) is 12.2. The number of carbonyl (C=O) groups is 2. The fourth-order valence-corrected chi connectivity index (χ4v) is 10.4. The van der Waals surface area contributed by atoms with Gasteiger partial charge in [0.15, 0.2) is 0 Å². The molecule has 9 unspecified atom stereocenters. The highest BCUT2D eigenvalue weighted by Crippen LogP contribution is 2.77. The molecule has 6 fully saturated rings. The molecular formula is C24H36N2O3. The summed E-state index contributed by atoms with van der Waals surface area (Å²) < 4.78 is 0. The van der Waals surface area contributed by atoms with Crippen molar-refractivity contribution in [1.82, 2.24) is 5.43 Å². The third-order valence-corrected chi connectivity index (χ3v) is 11.2. The van der Waals surface area contributed by atoms with E-state index in [4.69, 9.17) is 5.84 Å². The van der Waals surface area contributed by atoms with E-state index in [1.165, 1.54) is 51.4 Å². The predicted octanol–water partition coefficient (Wildman–Crippen LogP) is 3.87. The van der Waals surface area contributed by atoms with E-state index in [0.717, 1.165) is 43.9 Å². The quantitative estimate of drug-likeness (QED) is 0.381. The van der Waals surface area contributed by atoms with Crippen molar-refractivity contribution in [2.75, 3.05) is 0 Å². The van der Waals surface area contributed by atoms with Gasteiger partial charge in [-0.3, -0.25) is 15.0 Å². The Hall–Kier alpha value is -1.10. The molecule has 6 aliphatic rings. The molecular weight excluding hydrogens is 364 g/mol. The highest BCUT2D eigenvalue weighted by atomic mass is 16.4. The van der Waals surface area contributed by atoms with Crippen LogP contribution in [0.15, 0.2) is 0 Å². The average molecular weight is 401 g/mol. The fourth-order valence-electron chi connectivity index (χ4n) is 10.4. The van der Waals surface area contributed by atoms with Crippen LogP contribution in [0, 0.1) is 51.8 Å². The number of amides is 1. The molecule has 0 aromatic carbocycles. The summed E-state index contributed by atoms with van der Waals surface area (Å²) in [5.41, 5.74) is 2.59. The standard InChI is InChI=1S/C24H36N2O3/c25-26-20(27)16-4-15-5-17-10-22(9-15,11-18(17)7-16)23-8-14-2-1-3-24(13-23,21(28)29)19(6-14)12-23/h14-19H,1-13,25H2,(H,26,27)(H,28,29). The Morgan fingerprint density at radius 1 is 0.897 bits per heavy atom. The van der Waals surface area contributed by atoms with Gasteiger partial charge in [-0.15, -0.1) is 0 Å². The molecule has 0 aromatic heterocycles. The smallest absolute Gasteiger partial charge is 0.309 e. The van der Waals surface area contributed by atoms with E-state index < -0.39 is 11.4 Å². The van der Waals surface area contributed by atoms with Gasteiger partial charge in [-0.05, 0) is 111 Å². The number of nitrogens with one attached hydrogen (secondary N) is 1. The van der Waals surface area contributed by atoms with Gasteiger partial charge in [-0.1, -0.05) is 12.8 Å². The third kappa shape index (κ3) is 2.37. The molecule has 0 aromatic rings. The Kier molecular flexibility index (Phi) is 3.85. The summed E-state index contributed by atoms with van der Waals surface area (Å²) >= 11 is 0. The molecule has 0 heterocycles. The lowest BCUT2D eigenvalue weighted by Gasteiger charge is -2.55. The number of rotatable bonds is 3. The molecule has 0 radical (unpaired) electrons. The molecule has 6 aliphatic carbocycles. The summed E-state index contributed by atoms with van der Waals surface area (Å²) in [6.45, 7) is 0. The first-order valence-corrected chi connectivity index (χ1v) is 12.1. The molecule has 160 valence electrons. The molecule has 6 bridgehead atoms. The zero-order valence-electron chi connectivity index (χ0n) is 17.5. The van der Waals surface area contributed by atoms with Gasteiger partial charge in [0.05, 0.1) is 5.41 Å². The topological polar surface area (TPSA) is 92.4 Å². The van der Waals surface area contributed by atoms with Crippen LogP contribution in [-0.2, 0) is 9.59 Å². The lowest BCUT2D eigenvalue weighted by Crippen LogP contribution is -2.46. The van der Waals surface area contributed by atoms with Gasteiger partial charge in [0.2, 0.25) is 5.91 Å². The van der Waals surface area contributed by atoms with Crippen molar-refractivity contribution in [3.63, 3.8) is 0 Å². The summed E-state index contributed by atoms with van der Waals surface area (Å²) in [7, 11) is 0. The van der Waals surface area contributed by atoms with Crippen LogP contribution < -0.4 is 11.3 Å². The Labute approximate surface area is 173 Å². The summed E-state index contributed by atoms with van der Waals surface area (Å²) in [5, 5.41) is 10.4. The van der Waals surface area contributed by atoms with Crippen LogP contribution in [-0.4, -0.2) is 17.0 Å². The van der Waals surface area contributed by atoms with Crippen LogP contribution in [0.2, 0.25) is 0 Å². The molecule has 1 amide bonds. The minimum atomic E-state index is -0.492. The van der Waals surface area contributed by atoms with Crippen molar-refractivity contribution in [1.29, 1.82) is 0 Å². The number of hydrogen-bond donors (Lipinski definition) is 3. The number of nitrogens with two attached hydrogens (primary N) is 1. The van der Waals surface area contributed by atoms with Crippen molar-refractivity contribution in [2.45, 2.75) is 83.5 Å². The van der Waals surface area contributed by atoms with E-state index in [2.05, 4.69) is 5.43 Å². The first-order chi connectivity index (χ1) is 13.9. The van der Waals surface area contributed by atoms with Crippen LogP contribution in [0.1, 0.15) is 83.5 Å². The number of aliphatic carboxylic acids is 1. The number of carbonyl (C=O) groups excluding carboxylic acids is 1. The van der Waals surface area contributed by atoms with Crippen LogP contribution in [0.4, 0.5) is 0 Å². The van der Waals surface area contributed by atoms with Gasteiger partial charge < -0.3 is 5.11 Å². The molecule has 5 heteroatoms. The SMILES string of the molecule is NNC(=O)C1CC2CC3CC(C45CC6CCCC(C(=O)O)(C4)C(C6)C5)(C2)CC3C1.